The highest BCUT2D eigenvalue weighted by Gasteiger charge is 2.14. The monoisotopic (exact) mass is 475 g/mol. The average molecular weight is 476 g/mol. The molecule has 4 rings (SSSR count). The first-order valence-electron chi connectivity index (χ1n) is 11.6. The third-order valence-corrected chi connectivity index (χ3v) is 6.35. The molecular weight excluding hydrogens is 446 g/mol. The SMILES string of the molecule is CCn1c(=S)[nH]c2cc(C(=O)N(C)CCCCCc3cc(-c4ccccc4)n[nH]3)ccc2c1=O. The Bertz CT molecular complexity index is 1400. The number of fused-ring (bicyclic) bond motifs is 1. The Kier molecular flexibility index (Phi) is 7.37. The van der Waals surface area contributed by atoms with Gasteiger partial charge in [-0.25, -0.2) is 0 Å². The van der Waals surface area contributed by atoms with Crippen molar-refractivity contribution in [3.8, 4) is 11.3 Å². The summed E-state index contributed by atoms with van der Waals surface area (Å²) in [5.74, 6) is -0.0676. The molecule has 4 aromatic rings. The number of amides is 1. The number of nitrogens with one attached hydrogen (secondary N) is 2. The summed E-state index contributed by atoms with van der Waals surface area (Å²) < 4.78 is 1.88. The van der Waals surface area contributed by atoms with E-state index in [-0.39, 0.29) is 11.5 Å². The van der Waals surface area contributed by atoms with Gasteiger partial charge in [-0.3, -0.25) is 19.3 Å². The number of H-pyrrole nitrogens is 2. The Morgan fingerprint density at radius 2 is 1.88 bits per heavy atom. The third-order valence-electron chi connectivity index (χ3n) is 6.03. The maximum atomic E-state index is 12.9. The number of carbonyl (C=O) groups excluding carboxylic acids is 1. The highest BCUT2D eigenvalue weighted by atomic mass is 32.1. The van der Waals surface area contributed by atoms with Crippen LogP contribution < -0.4 is 5.56 Å². The average Bonchev–Trinajstić information content (AvgIpc) is 3.32. The summed E-state index contributed by atoms with van der Waals surface area (Å²) >= 11 is 5.28. The lowest BCUT2D eigenvalue weighted by atomic mass is 10.1. The van der Waals surface area contributed by atoms with Crippen LogP contribution in [0.3, 0.4) is 0 Å². The minimum absolute atomic E-state index is 0.0676. The lowest BCUT2D eigenvalue weighted by Gasteiger charge is -2.17. The maximum Gasteiger partial charge on any atom is 0.262 e. The van der Waals surface area contributed by atoms with Crippen molar-refractivity contribution >= 4 is 29.0 Å². The number of carbonyl (C=O) groups is 1. The van der Waals surface area contributed by atoms with Crippen LogP contribution in [0.5, 0.6) is 0 Å². The van der Waals surface area contributed by atoms with Crippen molar-refractivity contribution < 1.29 is 4.79 Å². The van der Waals surface area contributed by atoms with Crippen LogP contribution in [0.1, 0.15) is 42.2 Å². The molecule has 0 spiro atoms. The standard InChI is InChI=1S/C26H29N5O2S/c1-3-31-25(33)21-14-13-19(16-23(21)27-26(31)34)24(32)30(2)15-9-5-8-12-20-17-22(29-28-20)18-10-6-4-7-11-18/h4,6-7,10-11,13-14,16-17H,3,5,8-9,12,15H2,1-2H3,(H,27,34)(H,28,29). The Morgan fingerprint density at radius 3 is 2.65 bits per heavy atom. The van der Waals surface area contributed by atoms with Crippen molar-refractivity contribution in [1.82, 2.24) is 24.6 Å². The van der Waals surface area contributed by atoms with E-state index in [2.05, 4.69) is 33.4 Å². The molecule has 0 atom stereocenters. The molecule has 176 valence electrons. The lowest BCUT2D eigenvalue weighted by Crippen LogP contribution is -2.28. The molecule has 2 aromatic carbocycles. The van der Waals surface area contributed by atoms with E-state index in [1.165, 1.54) is 4.57 Å². The van der Waals surface area contributed by atoms with Crippen molar-refractivity contribution in [2.75, 3.05) is 13.6 Å². The first-order chi connectivity index (χ1) is 16.5. The fourth-order valence-electron chi connectivity index (χ4n) is 4.08. The van der Waals surface area contributed by atoms with Gasteiger partial charge in [-0.15, -0.1) is 0 Å². The van der Waals surface area contributed by atoms with E-state index in [1.807, 2.05) is 32.2 Å². The van der Waals surface area contributed by atoms with Crippen molar-refractivity contribution in [2.24, 2.45) is 0 Å². The molecule has 2 heterocycles. The van der Waals surface area contributed by atoms with Crippen LogP contribution in [0.15, 0.2) is 59.4 Å². The first-order valence-corrected chi connectivity index (χ1v) is 12.0. The van der Waals surface area contributed by atoms with Gasteiger partial charge in [0.15, 0.2) is 4.77 Å². The Morgan fingerprint density at radius 1 is 1.09 bits per heavy atom. The van der Waals surface area contributed by atoms with E-state index >= 15 is 0 Å². The smallest absolute Gasteiger partial charge is 0.262 e. The predicted octanol–water partition coefficient (Wildman–Crippen LogP) is 4.95. The van der Waals surface area contributed by atoms with Crippen molar-refractivity contribution in [1.29, 1.82) is 0 Å². The molecule has 0 radical (unpaired) electrons. The van der Waals surface area contributed by atoms with Gasteiger partial charge in [-0.2, -0.15) is 5.10 Å². The van der Waals surface area contributed by atoms with Gasteiger partial charge in [-0.1, -0.05) is 36.8 Å². The Labute approximate surface area is 203 Å². The van der Waals surface area contributed by atoms with Crippen LogP contribution in [0.4, 0.5) is 0 Å². The molecule has 1 amide bonds. The number of aromatic nitrogens is 4. The molecule has 0 saturated heterocycles. The molecule has 0 unspecified atom stereocenters. The van der Waals surface area contributed by atoms with E-state index < -0.39 is 0 Å². The normalized spacial score (nSPS) is 11.1. The molecular formula is C26H29N5O2S. The van der Waals surface area contributed by atoms with E-state index in [4.69, 9.17) is 12.2 Å². The molecule has 0 fully saturated rings. The summed E-state index contributed by atoms with van der Waals surface area (Å²) in [6.45, 7) is 3.05. The number of hydrogen-bond acceptors (Lipinski definition) is 4. The Hall–Kier alpha value is -3.52. The number of nitrogens with zero attached hydrogens (tertiary/aromatic N) is 3. The lowest BCUT2D eigenvalue weighted by molar-refractivity contribution is 0.0792. The minimum Gasteiger partial charge on any atom is -0.342 e. The van der Waals surface area contributed by atoms with Crippen molar-refractivity contribution in [2.45, 2.75) is 39.2 Å². The van der Waals surface area contributed by atoms with Gasteiger partial charge in [0.05, 0.1) is 16.6 Å². The molecule has 0 aliphatic heterocycles. The minimum atomic E-state index is -0.137. The van der Waals surface area contributed by atoms with Crippen LogP contribution in [0, 0.1) is 4.77 Å². The number of unbranched alkanes of at least 4 members (excludes halogenated alkanes) is 2. The van der Waals surface area contributed by atoms with Gasteiger partial charge in [-0.05, 0) is 62.7 Å². The summed E-state index contributed by atoms with van der Waals surface area (Å²) in [5.41, 5.74) is 4.19. The summed E-state index contributed by atoms with van der Waals surface area (Å²) in [6, 6.07) is 17.4. The third kappa shape index (κ3) is 5.17. The van der Waals surface area contributed by atoms with Gasteiger partial charge in [0.2, 0.25) is 0 Å². The zero-order valence-corrected chi connectivity index (χ0v) is 20.3. The topological polar surface area (TPSA) is 86.8 Å². The number of aromatic amines is 2. The second-order valence-corrected chi connectivity index (χ2v) is 8.81. The number of aryl methyl sites for hydroxylation is 1. The molecule has 2 N–H and O–H groups in total. The zero-order chi connectivity index (χ0) is 24.1. The summed E-state index contributed by atoms with van der Waals surface area (Å²) in [5, 5.41) is 8.06. The van der Waals surface area contributed by atoms with Crippen LogP contribution in [0.2, 0.25) is 0 Å². The molecule has 0 saturated carbocycles. The number of benzene rings is 2. The van der Waals surface area contributed by atoms with E-state index in [1.54, 1.807) is 23.1 Å². The number of rotatable bonds is 9. The summed E-state index contributed by atoms with van der Waals surface area (Å²) in [6.07, 6.45) is 3.88. The fraction of sp³-hybridized carbons (Fsp3) is 0.308. The van der Waals surface area contributed by atoms with E-state index in [9.17, 15) is 9.59 Å². The molecule has 8 heteroatoms. The van der Waals surface area contributed by atoms with E-state index in [0.29, 0.717) is 34.3 Å². The summed E-state index contributed by atoms with van der Waals surface area (Å²) in [7, 11) is 1.81. The highest BCUT2D eigenvalue weighted by Crippen LogP contribution is 2.18. The van der Waals surface area contributed by atoms with Gasteiger partial charge in [0.25, 0.3) is 11.5 Å². The zero-order valence-electron chi connectivity index (χ0n) is 19.5. The van der Waals surface area contributed by atoms with Gasteiger partial charge < -0.3 is 9.88 Å². The summed E-state index contributed by atoms with van der Waals surface area (Å²) in [4.78, 5) is 30.2. The predicted molar refractivity (Wildman–Crippen MR) is 138 cm³/mol. The van der Waals surface area contributed by atoms with Crippen LogP contribution in [-0.2, 0) is 13.0 Å². The molecule has 2 aromatic heterocycles. The first kappa shape index (κ1) is 23.6. The molecule has 34 heavy (non-hydrogen) atoms. The quantitative estimate of drug-likeness (QED) is 0.265. The molecule has 0 aliphatic rings. The van der Waals surface area contributed by atoms with E-state index in [0.717, 1.165) is 42.6 Å². The second kappa shape index (κ2) is 10.6. The fourth-order valence-corrected chi connectivity index (χ4v) is 4.41. The van der Waals surface area contributed by atoms with Gasteiger partial charge in [0.1, 0.15) is 0 Å². The van der Waals surface area contributed by atoms with Gasteiger partial charge >= 0.3 is 0 Å². The maximum absolute atomic E-state index is 12.9. The van der Waals surface area contributed by atoms with Crippen molar-refractivity contribution in [3.63, 3.8) is 0 Å². The molecule has 0 bridgehead atoms. The van der Waals surface area contributed by atoms with Crippen LogP contribution in [0.25, 0.3) is 22.2 Å². The van der Waals surface area contributed by atoms with Gasteiger partial charge in [0, 0.05) is 37.0 Å². The molecule has 7 nitrogen and oxygen atoms in total. The Balaban J connectivity index is 1.29. The number of hydrogen-bond donors (Lipinski definition) is 2. The van der Waals surface area contributed by atoms with Crippen molar-refractivity contribution in [3.05, 3.63) is 81.0 Å². The van der Waals surface area contributed by atoms with Crippen LogP contribution in [-0.4, -0.2) is 44.1 Å². The van der Waals surface area contributed by atoms with Crippen LogP contribution >= 0.6 is 12.2 Å². The largest absolute Gasteiger partial charge is 0.342 e. The second-order valence-electron chi connectivity index (χ2n) is 8.42. The highest BCUT2D eigenvalue weighted by molar-refractivity contribution is 7.71. The molecule has 0 aliphatic carbocycles.